The number of hydrogen-bond acceptors (Lipinski definition) is 7. The first-order valence-electron chi connectivity index (χ1n) is 11.6. The highest BCUT2D eigenvalue weighted by molar-refractivity contribution is 5.75. The first-order valence-corrected chi connectivity index (χ1v) is 11.6. The van der Waals surface area contributed by atoms with Crippen LogP contribution in [-0.4, -0.2) is 72.9 Å². The van der Waals surface area contributed by atoms with Crippen molar-refractivity contribution in [1.82, 2.24) is 14.9 Å². The molecule has 0 spiro atoms. The summed E-state index contributed by atoms with van der Waals surface area (Å²) in [7, 11) is 0. The van der Waals surface area contributed by atoms with Gasteiger partial charge in [0.2, 0.25) is 11.7 Å². The molecule has 4 rings (SSSR count). The van der Waals surface area contributed by atoms with Crippen LogP contribution in [0.3, 0.4) is 0 Å². The van der Waals surface area contributed by atoms with Crippen LogP contribution in [0.15, 0.2) is 24.5 Å². The van der Waals surface area contributed by atoms with Crippen molar-refractivity contribution < 1.29 is 35.9 Å². The van der Waals surface area contributed by atoms with Crippen LogP contribution in [0.25, 0.3) is 0 Å². The van der Waals surface area contributed by atoms with Gasteiger partial charge in [0.15, 0.2) is 11.6 Å². The number of halogens is 6. The number of carbonyl (C=O) groups excluding carboxylic acids is 1. The molecule has 2 aliphatic rings. The van der Waals surface area contributed by atoms with Gasteiger partial charge in [0.1, 0.15) is 18.3 Å². The Balaban J connectivity index is 1.49. The minimum Gasteiger partial charge on any atom is -0.377 e. The van der Waals surface area contributed by atoms with Crippen molar-refractivity contribution in [2.45, 2.75) is 24.8 Å². The number of benzene rings is 1. The minimum atomic E-state index is -4.71. The first-order chi connectivity index (χ1) is 17.5. The summed E-state index contributed by atoms with van der Waals surface area (Å²) < 4.78 is 89.1. The Morgan fingerprint density at radius 3 is 2.68 bits per heavy atom. The molecule has 0 radical (unpaired) electrons. The maximum Gasteiger partial charge on any atom is 0.416 e. The van der Waals surface area contributed by atoms with Gasteiger partial charge in [-0.05, 0) is 25.1 Å². The van der Waals surface area contributed by atoms with E-state index in [0.717, 1.165) is 18.5 Å². The zero-order chi connectivity index (χ0) is 26.7. The summed E-state index contributed by atoms with van der Waals surface area (Å²) in [4.78, 5) is 22.0. The summed E-state index contributed by atoms with van der Waals surface area (Å²) in [5.74, 6) is -3.33. The molecule has 3 N–H and O–H groups in total. The van der Waals surface area contributed by atoms with Crippen LogP contribution in [0.4, 0.5) is 38.0 Å². The number of nitrogens with one attached hydrogen (secondary N) is 1. The van der Waals surface area contributed by atoms with Crippen LogP contribution < -0.4 is 16.0 Å². The van der Waals surface area contributed by atoms with E-state index in [0.29, 0.717) is 19.0 Å². The van der Waals surface area contributed by atoms with E-state index in [1.807, 2.05) is 0 Å². The molecule has 8 nitrogen and oxygen atoms in total. The molecule has 14 heteroatoms. The van der Waals surface area contributed by atoms with Gasteiger partial charge in [-0.1, -0.05) is 6.07 Å². The van der Waals surface area contributed by atoms with Gasteiger partial charge >= 0.3 is 6.18 Å². The Morgan fingerprint density at radius 2 is 2.00 bits per heavy atom. The number of nitrogens with two attached hydrogens (primary N) is 1. The van der Waals surface area contributed by atoms with E-state index in [1.165, 1.54) is 4.90 Å². The fourth-order valence-electron chi connectivity index (χ4n) is 4.61. The third-order valence-corrected chi connectivity index (χ3v) is 6.53. The van der Waals surface area contributed by atoms with Crippen LogP contribution in [0, 0.1) is 17.6 Å². The predicted octanol–water partition coefficient (Wildman–Crippen LogP) is 2.91. The molecule has 0 saturated carbocycles. The summed E-state index contributed by atoms with van der Waals surface area (Å²) in [5.41, 5.74) is 3.93. The van der Waals surface area contributed by atoms with Crippen LogP contribution >= 0.6 is 0 Å². The lowest BCUT2D eigenvalue weighted by molar-refractivity contribution is -0.137. The Labute approximate surface area is 208 Å². The van der Waals surface area contributed by atoms with Gasteiger partial charge in [0.25, 0.3) is 0 Å². The van der Waals surface area contributed by atoms with Crippen molar-refractivity contribution in [3.05, 3.63) is 47.3 Å². The molecule has 1 amide bonds. The lowest BCUT2D eigenvalue weighted by Gasteiger charge is -2.37. The molecular formula is C23H26F6N6O2. The number of likely N-dealkylation sites (tertiary alicyclic amines) is 1. The third kappa shape index (κ3) is 6.24. The number of morpholine rings is 1. The van der Waals surface area contributed by atoms with E-state index in [9.17, 15) is 26.7 Å². The number of hydrogen-bond donors (Lipinski definition) is 2. The molecule has 0 aliphatic carbocycles. The average Bonchev–Trinajstić information content (AvgIpc) is 2.83. The predicted molar refractivity (Wildman–Crippen MR) is 121 cm³/mol. The summed E-state index contributed by atoms with van der Waals surface area (Å²) in [5, 5.41) is 2.80. The number of anilines is 2. The molecule has 1 aromatic heterocycles. The second-order valence-electron chi connectivity index (χ2n) is 9.03. The molecule has 0 bridgehead atoms. The summed E-state index contributed by atoms with van der Waals surface area (Å²) in [6.45, 7) is 0.690. The van der Waals surface area contributed by atoms with Crippen molar-refractivity contribution in [2.75, 3.05) is 56.2 Å². The molecule has 2 saturated heterocycles. The zero-order valence-electron chi connectivity index (χ0n) is 19.6. The molecule has 3 heterocycles. The fourth-order valence-corrected chi connectivity index (χ4v) is 4.61. The topological polar surface area (TPSA) is 96.6 Å². The second kappa shape index (κ2) is 11.1. The normalized spacial score (nSPS) is 23.2. The van der Waals surface area contributed by atoms with E-state index in [1.54, 1.807) is 4.90 Å². The van der Waals surface area contributed by atoms with Crippen LogP contribution in [0.2, 0.25) is 0 Å². The largest absolute Gasteiger partial charge is 0.416 e. The molecule has 3 atom stereocenters. The SMILES string of the molecule is NC(=O)CN1CCC(CNc2ncnc(N3CCOC[C@@H]3c3ccc(C(F)(F)F)cc3F)c2F)[C@H](F)C1. The highest BCUT2D eigenvalue weighted by Gasteiger charge is 2.35. The van der Waals surface area contributed by atoms with Crippen molar-refractivity contribution in [1.29, 1.82) is 0 Å². The minimum absolute atomic E-state index is 0.0287. The van der Waals surface area contributed by atoms with E-state index in [-0.39, 0.29) is 56.6 Å². The Hall–Kier alpha value is -3.13. The second-order valence-corrected chi connectivity index (χ2v) is 9.03. The number of ether oxygens (including phenoxy) is 1. The standard InChI is InChI=1S/C23H26F6N6O2/c24-16-7-14(23(27,28)29)1-2-15(16)18-11-37-6-5-35(18)22-20(26)21(32-12-33-22)31-8-13-3-4-34(9-17(13)25)10-19(30)36/h1-2,7,12-13,17-18H,3-6,8-11H2,(H2,30,36)(H,31,32,33)/t13?,17-,18-/m1/s1. The number of amides is 1. The lowest BCUT2D eigenvalue weighted by Crippen LogP contribution is -2.46. The maximum atomic E-state index is 15.5. The first kappa shape index (κ1) is 26.9. The molecule has 2 fully saturated rings. The zero-order valence-corrected chi connectivity index (χ0v) is 19.6. The van der Waals surface area contributed by atoms with E-state index in [2.05, 4.69) is 15.3 Å². The van der Waals surface area contributed by atoms with Crippen molar-refractivity contribution >= 4 is 17.5 Å². The number of nitrogens with zero attached hydrogens (tertiary/aromatic N) is 4. The number of primary amides is 1. The van der Waals surface area contributed by atoms with E-state index < -0.39 is 47.4 Å². The number of aromatic nitrogens is 2. The number of piperidine rings is 1. The summed E-state index contributed by atoms with van der Waals surface area (Å²) in [6.07, 6.45) is -4.46. The molecule has 37 heavy (non-hydrogen) atoms. The van der Waals surface area contributed by atoms with Crippen molar-refractivity contribution in [3.63, 3.8) is 0 Å². The van der Waals surface area contributed by atoms with Crippen molar-refractivity contribution in [2.24, 2.45) is 11.7 Å². The third-order valence-electron chi connectivity index (χ3n) is 6.53. The summed E-state index contributed by atoms with van der Waals surface area (Å²) in [6, 6.07) is 1.23. The molecule has 202 valence electrons. The van der Waals surface area contributed by atoms with Gasteiger partial charge in [0, 0.05) is 31.1 Å². The smallest absolute Gasteiger partial charge is 0.377 e. The lowest BCUT2D eigenvalue weighted by atomic mass is 9.95. The van der Waals surface area contributed by atoms with Crippen LogP contribution in [-0.2, 0) is 15.7 Å². The molecule has 1 unspecified atom stereocenters. The average molecular weight is 532 g/mol. The van der Waals surface area contributed by atoms with Gasteiger partial charge in [0.05, 0.1) is 31.4 Å². The van der Waals surface area contributed by atoms with Gasteiger partial charge in [-0.2, -0.15) is 17.6 Å². The van der Waals surface area contributed by atoms with E-state index in [4.69, 9.17) is 10.5 Å². The maximum absolute atomic E-state index is 15.5. The van der Waals surface area contributed by atoms with Crippen LogP contribution in [0.1, 0.15) is 23.6 Å². The summed E-state index contributed by atoms with van der Waals surface area (Å²) >= 11 is 0. The Morgan fingerprint density at radius 1 is 1.22 bits per heavy atom. The molecule has 1 aromatic carbocycles. The number of rotatable bonds is 7. The fraction of sp³-hybridized carbons (Fsp3) is 0.522. The molecular weight excluding hydrogens is 506 g/mol. The van der Waals surface area contributed by atoms with Gasteiger partial charge in [-0.3, -0.25) is 9.69 Å². The Bertz CT molecular complexity index is 1120. The number of alkyl halides is 4. The highest BCUT2D eigenvalue weighted by atomic mass is 19.4. The van der Waals surface area contributed by atoms with Gasteiger partial charge < -0.3 is 20.7 Å². The van der Waals surface area contributed by atoms with Gasteiger partial charge in [-0.25, -0.2) is 18.7 Å². The van der Waals surface area contributed by atoms with Gasteiger partial charge in [-0.15, -0.1) is 0 Å². The quantitative estimate of drug-likeness (QED) is 0.530. The van der Waals surface area contributed by atoms with Crippen LogP contribution in [0.5, 0.6) is 0 Å². The monoisotopic (exact) mass is 532 g/mol. The molecule has 2 aromatic rings. The molecule has 2 aliphatic heterocycles. The highest BCUT2D eigenvalue weighted by Crippen LogP contribution is 2.36. The Kier molecular flexibility index (Phi) is 8.07. The number of carbonyl (C=O) groups is 1. The van der Waals surface area contributed by atoms with E-state index >= 15 is 4.39 Å². The van der Waals surface area contributed by atoms with Crippen molar-refractivity contribution in [3.8, 4) is 0 Å².